The highest BCUT2D eigenvalue weighted by molar-refractivity contribution is 5.70. The molecule has 0 bridgehead atoms. The van der Waals surface area contributed by atoms with E-state index in [1.54, 1.807) is 0 Å². The van der Waals surface area contributed by atoms with E-state index in [0.717, 1.165) is 69.2 Å². The molecule has 0 aromatic rings. The first-order chi connectivity index (χ1) is 29.9. The number of carbonyl (C=O) groups excluding carboxylic acids is 10. The summed E-state index contributed by atoms with van der Waals surface area (Å²) >= 11 is 0. The zero-order chi connectivity index (χ0) is 48.2. The van der Waals surface area contributed by atoms with Gasteiger partial charge in [-0.1, -0.05) is 0 Å². The van der Waals surface area contributed by atoms with Crippen LogP contribution in [0.25, 0.3) is 0 Å². The number of carbonyl (C=O) groups is 10. The molecule has 0 amide bonds. The van der Waals surface area contributed by atoms with E-state index in [4.69, 9.17) is 71.1 Å². The Hall–Kier alpha value is -5.54. The van der Waals surface area contributed by atoms with E-state index in [2.05, 4.69) is 0 Å². The SMILES string of the molecule is CC(=O)OC[C@H]1O[C@@H](O[C@H]2[C@H](OC(C)=O)[C@@H](OC(C)=O)[C@H](O[C@H]3[C@H](OC(C)=O)[C@@H](OC(C)=O)C(O)O[C@@H]3COC(C)=O)O[C@@H]2COC(C)=O)[C@H](OC(C)=O)[C@@H](OC(C)=O)[C@@H]1OC(C)=O. The molecule has 360 valence electrons. The van der Waals surface area contributed by atoms with E-state index in [1.165, 1.54) is 0 Å². The van der Waals surface area contributed by atoms with Gasteiger partial charge in [0.1, 0.15) is 50.3 Å². The van der Waals surface area contributed by atoms with Crippen molar-refractivity contribution in [2.45, 2.75) is 161 Å². The van der Waals surface area contributed by atoms with Crippen molar-refractivity contribution in [3.8, 4) is 0 Å². The van der Waals surface area contributed by atoms with Crippen LogP contribution in [0.3, 0.4) is 0 Å². The van der Waals surface area contributed by atoms with Crippen LogP contribution < -0.4 is 0 Å². The van der Waals surface area contributed by atoms with Gasteiger partial charge in [-0.15, -0.1) is 0 Å². The highest BCUT2D eigenvalue weighted by Gasteiger charge is 2.59. The summed E-state index contributed by atoms with van der Waals surface area (Å²) in [5, 5.41) is 10.9. The summed E-state index contributed by atoms with van der Waals surface area (Å²) in [4.78, 5) is 124. The van der Waals surface area contributed by atoms with Crippen molar-refractivity contribution in [1.29, 1.82) is 0 Å². The summed E-state index contributed by atoms with van der Waals surface area (Å²) in [5.74, 6) is -9.61. The molecule has 1 N–H and O–H groups in total. The summed E-state index contributed by atoms with van der Waals surface area (Å²) in [6, 6.07) is 0. The lowest BCUT2D eigenvalue weighted by atomic mass is 9.95. The summed E-state index contributed by atoms with van der Waals surface area (Å²) < 4.78 is 84.2. The Morgan fingerprint density at radius 2 is 0.578 bits per heavy atom. The van der Waals surface area contributed by atoms with Crippen molar-refractivity contribution < 1.29 is 124 Å². The van der Waals surface area contributed by atoms with Gasteiger partial charge in [0.15, 0.2) is 61.6 Å². The van der Waals surface area contributed by atoms with Crippen LogP contribution >= 0.6 is 0 Å². The van der Waals surface area contributed by atoms with Crippen molar-refractivity contribution in [3.63, 3.8) is 0 Å². The Kier molecular flexibility index (Phi) is 19.8. The lowest BCUT2D eigenvalue weighted by Gasteiger charge is -2.50. The van der Waals surface area contributed by atoms with Crippen LogP contribution in [0, 0.1) is 0 Å². The average molecular weight is 925 g/mol. The topological polar surface area (TPSA) is 329 Å². The first kappa shape index (κ1) is 52.8. The van der Waals surface area contributed by atoms with E-state index in [9.17, 15) is 53.1 Å². The molecule has 3 saturated heterocycles. The second-order valence-electron chi connectivity index (χ2n) is 14.3. The van der Waals surface area contributed by atoms with Crippen LogP contribution in [-0.4, -0.2) is 177 Å². The third-order valence-electron chi connectivity index (χ3n) is 8.84. The number of esters is 10. The molecule has 3 aliphatic heterocycles. The van der Waals surface area contributed by atoms with Crippen molar-refractivity contribution in [3.05, 3.63) is 0 Å². The Bertz CT molecular complexity index is 1730. The quantitative estimate of drug-likeness (QED) is 0.123. The van der Waals surface area contributed by atoms with Crippen LogP contribution in [0.15, 0.2) is 0 Å². The van der Waals surface area contributed by atoms with Gasteiger partial charge in [-0.05, 0) is 0 Å². The Morgan fingerprint density at radius 1 is 0.328 bits per heavy atom. The minimum atomic E-state index is -2.02. The zero-order valence-electron chi connectivity index (χ0n) is 36.4. The van der Waals surface area contributed by atoms with E-state index < -0.39 is 172 Å². The van der Waals surface area contributed by atoms with Crippen LogP contribution in [0.1, 0.15) is 69.2 Å². The predicted molar refractivity (Wildman–Crippen MR) is 197 cm³/mol. The molecule has 3 fully saturated rings. The monoisotopic (exact) mass is 924 g/mol. The molecule has 0 aromatic heterocycles. The lowest BCUT2D eigenvalue weighted by Crippen LogP contribution is -2.68. The molecule has 64 heavy (non-hydrogen) atoms. The summed E-state index contributed by atoms with van der Waals surface area (Å²) in [5.41, 5.74) is 0. The Balaban J connectivity index is 2.28. The third kappa shape index (κ3) is 15.6. The fourth-order valence-electron chi connectivity index (χ4n) is 6.77. The Labute approximate surface area is 364 Å². The Morgan fingerprint density at radius 3 is 0.906 bits per heavy atom. The van der Waals surface area contributed by atoms with Crippen LogP contribution in [0.5, 0.6) is 0 Å². The fourth-order valence-corrected chi connectivity index (χ4v) is 6.77. The maximum absolute atomic E-state index is 12.9. The van der Waals surface area contributed by atoms with Crippen LogP contribution in [0.2, 0.25) is 0 Å². The minimum Gasteiger partial charge on any atom is -0.463 e. The maximum atomic E-state index is 12.9. The molecule has 0 radical (unpaired) electrons. The third-order valence-corrected chi connectivity index (χ3v) is 8.84. The van der Waals surface area contributed by atoms with Gasteiger partial charge >= 0.3 is 59.7 Å². The molecule has 3 heterocycles. The standard InChI is InChI=1S/C38H52O26/c1-14(39)50-11-24-28(30(54-18(5)43)33(36(49)60-24)57-21(8)46)63-38-35(59-23(10)48)32(56-20(7)45)29(26(62-38)13-52-16(3)41)64-37-34(58-22(9)47)31(55-19(6)44)27(53-17(4)42)25(61-37)12-51-15(2)40/h24-38,49H,11-13H2,1-10H3/t24-,25-,26-,27-,28-,29-,30+,31+,32+,33-,34-,35-,36?,37+,38+/m1/s1. The smallest absolute Gasteiger partial charge is 0.303 e. The molecule has 26 heteroatoms. The second-order valence-corrected chi connectivity index (χ2v) is 14.3. The summed E-state index contributed by atoms with van der Waals surface area (Å²) in [6.45, 7) is 7.65. The van der Waals surface area contributed by atoms with E-state index in [0.29, 0.717) is 0 Å². The minimum absolute atomic E-state index is 0.681. The molecule has 1 unspecified atom stereocenters. The second kappa shape index (κ2) is 23.9. The van der Waals surface area contributed by atoms with Gasteiger partial charge < -0.3 is 76.2 Å². The van der Waals surface area contributed by atoms with E-state index in [1.807, 2.05) is 0 Å². The number of aliphatic hydroxyl groups is 1. The average Bonchev–Trinajstić information content (AvgIpc) is 3.15. The molecular weight excluding hydrogens is 872 g/mol. The number of hydrogen-bond acceptors (Lipinski definition) is 26. The molecule has 0 saturated carbocycles. The maximum Gasteiger partial charge on any atom is 0.303 e. The number of aliphatic hydroxyl groups excluding tert-OH is 1. The first-order valence-corrected chi connectivity index (χ1v) is 19.4. The molecule has 0 aromatic carbocycles. The molecule has 3 aliphatic rings. The van der Waals surface area contributed by atoms with Gasteiger partial charge in [0, 0.05) is 69.2 Å². The van der Waals surface area contributed by atoms with Crippen LogP contribution in [-0.2, 0) is 119 Å². The summed E-state index contributed by atoms with van der Waals surface area (Å²) in [6.07, 6.45) is -27.2. The van der Waals surface area contributed by atoms with Gasteiger partial charge in [-0.25, -0.2) is 0 Å². The summed E-state index contributed by atoms with van der Waals surface area (Å²) in [7, 11) is 0. The largest absolute Gasteiger partial charge is 0.463 e. The lowest BCUT2D eigenvalue weighted by molar-refractivity contribution is -0.378. The van der Waals surface area contributed by atoms with E-state index in [-0.39, 0.29) is 0 Å². The van der Waals surface area contributed by atoms with Gasteiger partial charge in [0.25, 0.3) is 0 Å². The molecule has 3 rings (SSSR count). The first-order valence-electron chi connectivity index (χ1n) is 19.4. The number of hydrogen-bond donors (Lipinski definition) is 1. The fraction of sp³-hybridized carbons (Fsp3) is 0.737. The zero-order valence-corrected chi connectivity index (χ0v) is 36.4. The molecule has 0 spiro atoms. The highest BCUT2D eigenvalue weighted by Crippen LogP contribution is 2.38. The predicted octanol–water partition coefficient (Wildman–Crippen LogP) is -1.86. The molecular formula is C38H52O26. The molecule has 0 aliphatic carbocycles. The van der Waals surface area contributed by atoms with Crippen molar-refractivity contribution in [2.75, 3.05) is 19.8 Å². The van der Waals surface area contributed by atoms with Gasteiger partial charge in [0.05, 0.1) is 0 Å². The van der Waals surface area contributed by atoms with Crippen molar-refractivity contribution in [1.82, 2.24) is 0 Å². The van der Waals surface area contributed by atoms with E-state index >= 15 is 0 Å². The number of rotatable bonds is 17. The molecule has 26 nitrogen and oxygen atoms in total. The normalized spacial score (nSPS) is 32.3. The van der Waals surface area contributed by atoms with Crippen molar-refractivity contribution in [2.24, 2.45) is 0 Å². The van der Waals surface area contributed by atoms with Gasteiger partial charge in [-0.3, -0.25) is 47.9 Å². The van der Waals surface area contributed by atoms with Crippen molar-refractivity contribution >= 4 is 59.7 Å². The van der Waals surface area contributed by atoms with Gasteiger partial charge in [-0.2, -0.15) is 0 Å². The van der Waals surface area contributed by atoms with Crippen LogP contribution in [0.4, 0.5) is 0 Å². The van der Waals surface area contributed by atoms with Gasteiger partial charge in [0.2, 0.25) is 0 Å². The highest BCUT2D eigenvalue weighted by atomic mass is 16.8. The molecule has 15 atom stereocenters. The number of ether oxygens (including phenoxy) is 15.